The van der Waals surface area contributed by atoms with Crippen LogP contribution in [0.25, 0.3) is 0 Å². The fourth-order valence-electron chi connectivity index (χ4n) is 0.245. The number of allylic oxidation sites excluding steroid dienone is 3. The second-order valence-electron chi connectivity index (χ2n) is 1.20. The Bertz CT molecular complexity index is 132. The molecule has 0 fully saturated rings. The van der Waals surface area contributed by atoms with Crippen molar-refractivity contribution in [2.24, 2.45) is 0 Å². The van der Waals surface area contributed by atoms with Gasteiger partial charge in [-0.15, -0.1) is 0 Å². The van der Waals surface area contributed by atoms with E-state index in [-0.39, 0.29) is 80.9 Å². The van der Waals surface area contributed by atoms with Gasteiger partial charge in [0.05, 0.1) is 5.97 Å². The van der Waals surface area contributed by atoms with Crippen LogP contribution in [0.5, 0.6) is 0 Å². The Morgan fingerprint density at radius 1 is 1.40 bits per heavy atom. The van der Waals surface area contributed by atoms with E-state index in [1.54, 1.807) is 19.1 Å². The van der Waals surface area contributed by atoms with Gasteiger partial charge in [0, 0.05) is 0 Å². The maximum absolute atomic E-state index is 9.64. The van der Waals surface area contributed by atoms with Crippen molar-refractivity contribution in [1.29, 1.82) is 0 Å². The molecule has 10 heavy (non-hydrogen) atoms. The summed E-state index contributed by atoms with van der Waals surface area (Å²) in [6.45, 7) is 1.81. The van der Waals surface area contributed by atoms with E-state index in [0.717, 1.165) is 6.08 Å². The van der Waals surface area contributed by atoms with Crippen molar-refractivity contribution in [2.45, 2.75) is 6.92 Å². The fourth-order valence-corrected chi connectivity index (χ4v) is 0.245. The van der Waals surface area contributed by atoms with E-state index in [1.165, 1.54) is 6.08 Å². The van der Waals surface area contributed by atoms with Gasteiger partial charge < -0.3 is 9.90 Å². The van der Waals surface area contributed by atoms with Gasteiger partial charge in [-0.25, -0.2) is 0 Å². The zero-order valence-corrected chi connectivity index (χ0v) is 8.75. The van der Waals surface area contributed by atoms with E-state index in [9.17, 15) is 9.90 Å². The predicted octanol–water partition coefficient (Wildman–Crippen LogP) is -3.78. The zero-order chi connectivity index (χ0) is 6.41. The van der Waals surface area contributed by atoms with Crippen molar-refractivity contribution in [3.8, 4) is 0 Å². The van der Waals surface area contributed by atoms with Crippen molar-refractivity contribution >= 4 is 35.5 Å². The molecule has 0 spiro atoms. The zero-order valence-electron chi connectivity index (χ0n) is 5.63. The summed E-state index contributed by atoms with van der Waals surface area (Å²) in [5.41, 5.74) is 0. The summed E-state index contributed by atoms with van der Waals surface area (Å²) in [6, 6.07) is 0. The summed E-state index contributed by atoms with van der Waals surface area (Å²) in [5, 5.41) is 9.64. The van der Waals surface area contributed by atoms with Gasteiger partial charge in [0.15, 0.2) is 0 Å². The molecule has 0 aliphatic rings. The van der Waals surface area contributed by atoms with Crippen LogP contribution in [0.2, 0.25) is 0 Å². The molecule has 0 aromatic rings. The van der Waals surface area contributed by atoms with Gasteiger partial charge in [-0.1, -0.05) is 18.2 Å². The number of rotatable bonds is 2. The number of aliphatic carboxylic acids is 1. The molecule has 0 heterocycles. The summed E-state index contributed by atoms with van der Waals surface area (Å²) in [6.07, 6.45) is 5.74. The van der Waals surface area contributed by atoms with Gasteiger partial charge in [0.25, 0.3) is 0 Å². The SMILES string of the molecule is C/C=C/C=C/C(=O)[O-].[K+].[NaH]. The molecule has 0 aliphatic carbocycles. The second-order valence-corrected chi connectivity index (χ2v) is 1.20. The second kappa shape index (κ2) is 13.2. The van der Waals surface area contributed by atoms with E-state index >= 15 is 0 Å². The summed E-state index contributed by atoms with van der Waals surface area (Å²) in [7, 11) is 0. The minimum atomic E-state index is -1.16. The van der Waals surface area contributed by atoms with Gasteiger partial charge in [0.2, 0.25) is 0 Å². The van der Waals surface area contributed by atoms with E-state index in [2.05, 4.69) is 0 Å². The standard InChI is InChI=1S/C6H8O2.K.Na.H/c1-2-3-4-5-6(7)8;;;/h2-5H,1H3,(H,7,8);;;/q;+1;;/p-1/b3-2+,5-4+;;;. The summed E-state index contributed by atoms with van der Waals surface area (Å²) >= 11 is 0. The van der Waals surface area contributed by atoms with Gasteiger partial charge in [0.1, 0.15) is 0 Å². The third-order valence-corrected chi connectivity index (χ3v) is 0.536. The number of hydrogen-bond acceptors (Lipinski definition) is 2. The summed E-state index contributed by atoms with van der Waals surface area (Å²) in [5.74, 6) is -1.16. The molecule has 0 aromatic heterocycles. The van der Waals surface area contributed by atoms with Crippen LogP contribution in [0.4, 0.5) is 0 Å². The average molecular weight is 174 g/mol. The summed E-state index contributed by atoms with van der Waals surface area (Å²) in [4.78, 5) is 9.64. The Morgan fingerprint density at radius 2 is 1.90 bits per heavy atom. The fraction of sp³-hybridized carbons (Fsp3) is 0.167. The van der Waals surface area contributed by atoms with Crippen LogP contribution in [0.1, 0.15) is 6.92 Å². The first-order valence-corrected chi connectivity index (χ1v) is 2.27. The molecule has 0 N–H and O–H groups in total. The monoisotopic (exact) mass is 174 g/mol. The van der Waals surface area contributed by atoms with Crippen molar-refractivity contribution in [2.75, 3.05) is 0 Å². The quantitative estimate of drug-likeness (QED) is 0.245. The topological polar surface area (TPSA) is 40.1 Å². The average Bonchev–Trinajstić information content (AvgIpc) is 1.66. The molecule has 46 valence electrons. The third kappa shape index (κ3) is 16.3. The van der Waals surface area contributed by atoms with Crippen molar-refractivity contribution < 1.29 is 61.3 Å². The number of carboxylic acid groups (broad SMARTS) is 1. The molecule has 2 nitrogen and oxygen atoms in total. The number of carbonyl (C=O) groups excluding carboxylic acids is 1. The Balaban J connectivity index is -0.000000245. The maximum atomic E-state index is 9.64. The molecule has 0 saturated heterocycles. The van der Waals surface area contributed by atoms with Gasteiger partial charge in [-0.3, -0.25) is 0 Å². The Labute approximate surface area is 125 Å². The normalized spacial score (nSPS) is 8.90. The number of carboxylic acids is 1. The van der Waals surface area contributed by atoms with E-state index in [4.69, 9.17) is 0 Å². The Kier molecular flexibility index (Phi) is 23.2. The van der Waals surface area contributed by atoms with Crippen LogP contribution in [-0.4, -0.2) is 35.5 Å². The van der Waals surface area contributed by atoms with E-state index < -0.39 is 5.97 Å². The molecule has 0 rings (SSSR count). The number of hydrogen-bond donors (Lipinski definition) is 0. The van der Waals surface area contributed by atoms with E-state index in [0.29, 0.717) is 0 Å². The van der Waals surface area contributed by atoms with Crippen LogP contribution < -0.4 is 56.5 Å². The molecule has 0 amide bonds. The van der Waals surface area contributed by atoms with Crippen LogP contribution in [0.15, 0.2) is 24.3 Å². The molecule has 0 radical (unpaired) electrons. The molecule has 0 aromatic carbocycles. The van der Waals surface area contributed by atoms with Crippen molar-refractivity contribution in [3.63, 3.8) is 0 Å². The molecule has 0 saturated carbocycles. The van der Waals surface area contributed by atoms with Crippen LogP contribution in [0, 0.1) is 0 Å². The molecule has 0 aliphatic heterocycles. The van der Waals surface area contributed by atoms with Crippen molar-refractivity contribution in [3.05, 3.63) is 24.3 Å². The van der Waals surface area contributed by atoms with E-state index in [1.807, 2.05) is 0 Å². The predicted molar refractivity (Wildman–Crippen MR) is 36.1 cm³/mol. The first kappa shape index (κ1) is 17.6. The van der Waals surface area contributed by atoms with Crippen LogP contribution in [0.3, 0.4) is 0 Å². The van der Waals surface area contributed by atoms with Gasteiger partial charge >= 0.3 is 80.9 Å². The molecule has 0 unspecified atom stereocenters. The molecular formula is C6H8KNaO2. The van der Waals surface area contributed by atoms with Crippen LogP contribution in [-0.2, 0) is 4.79 Å². The first-order chi connectivity index (χ1) is 3.77. The minimum absolute atomic E-state index is 0. The van der Waals surface area contributed by atoms with Crippen molar-refractivity contribution in [1.82, 2.24) is 0 Å². The Morgan fingerprint density at radius 3 is 2.20 bits per heavy atom. The third-order valence-electron chi connectivity index (χ3n) is 0.536. The molecular weight excluding hydrogens is 166 g/mol. The van der Waals surface area contributed by atoms with Gasteiger partial charge in [-0.05, 0) is 13.0 Å². The first-order valence-electron chi connectivity index (χ1n) is 2.27. The molecule has 4 heteroatoms. The Hall–Kier alpha value is 1.59. The molecule has 0 bridgehead atoms. The van der Waals surface area contributed by atoms with Gasteiger partial charge in [-0.2, -0.15) is 0 Å². The van der Waals surface area contributed by atoms with Crippen LogP contribution >= 0.6 is 0 Å². The summed E-state index contributed by atoms with van der Waals surface area (Å²) < 4.78 is 0. The molecule has 0 atom stereocenters. The number of carbonyl (C=O) groups is 1.